The molecule has 0 spiro atoms. The summed E-state index contributed by atoms with van der Waals surface area (Å²) in [5.41, 5.74) is 0.974. The fourth-order valence-corrected chi connectivity index (χ4v) is 5.33. The van der Waals surface area contributed by atoms with E-state index in [4.69, 9.17) is 4.74 Å². The minimum absolute atomic E-state index is 0.122. The monoisotopic (exact) mass is 482 g/mol. The third kappa shape index (κ3) is 3.59. The van der Waals surface area contributed by atoms with E-state index in [-0.39, 0.29) is 18.9 Å². The van der Waals surface area contributed by atoms with Gasteiger partial charge in [-0.25, -0.2) is 9.69 Å². The molecule has 36 heavy (non-hydrogen) atoms. The maximum atomic E-state index is 13.5. The lowest BCUT2D eigenvalue weighted by molar-refractivity contribution is -0.130. The van der Waals surface area contributed by atoms with Crippen molar-refractivity contribution in [1.29, 1.82) is 0 Å². The van der Waals surface area contributed by atoms with E-state index < -0.39 is 35.5 Å². The Morgan fingerprint density at radius 3 is 1.75 bits per heavy atom. The quantitative estimate of drug-likeness (QED) is 0.479. The standard InChI is InChI=1S/C29H26N2O5/c1-19(2)25-29(20-11-5-3-6-12-20,21-13-7-4-8-14-21)36-28(35)31(25)24(32)17-18-30-26(33)22-15-9-10-16-23(22)27(30)34/h3-16,19,25H,17-18H2,1-2H3. The molecule has 0 saturated carbocycles. The molecule has 182 valence electrons. The molecule has 0 bridgehead atoms. The van der Waals surface area contributed by atoms with Crippen molar-refractivity contribution in [2.24, 2.45) is 5.92 Å². The lowest BCUT2D eigenvalue weighted by Gasteiger charge is -2.37. The molecule has 2 aliphatic heterocycles. The fraction of sp³-hybridized carbons (Fsp3) is 0.241. The van der Waals surface area contributed by atoms with Crippen LogP contribution < -0.4 is 0 Å². The number of hydrogen-bond acceptors (Lipinski definition) is 5. The van der Waals surface area contributed by atoms with Crippen LogP contribution in [0.15, 0.2) is 84.9 Å². The van der Waals surface area contributed by atoms with Crippen molar-refractivity contribution in [3.05, 3.63) is 107 Å². The second kappa shape index (κ2) is 9.07. The van der Waals surface area contributed by atoms with Gasteiger partial charge in [-0.1, -0.05) is 86.6 Å². The molecule has 2 aliphatic rings. The number of amides is 4. The summed E-state index contributed by atoms with van der Waals surface area (Å²) in [4.78, 5) is 54.6. The molecule has 0 radical (unpaired) electrons. The van der Waals surface area contributed by atoms with Crippen molar-refractivity contribution in [2.75, 3.05) is 6.54 Å². The van der Waals surface area contributed by atoms with E-state index in [1.54, 1.807) is 24.3 Å². The molecule has 7 nitrogen and oxygen atoms in total. The first-order chi connectivity index (χ1) is 17.4. The van der Waals surface area contributed by atoms with Crippen LogP contribution in [0, 0.1) is 5.92 Å². The summed E-state index contributed by atoms with van der Waals surface area (Å²) in [6, 6.07) is 24.8. The summed E-state index contributed by atoms with van der Waals surface area (Å²) in [5.74, 6) is -1.52. The van der Waals surface area contributed by atoms with E-state index in [1.165, 1.54) is 4.90 Å². The number of fused-ring (bicyclic) bond motifs is 1. The van der Waals surface area contributed by atoms with Gasteiger partial charge in [0.2, 0.25) is 5.91 Å². The Labute approximate surface area is 209 Å². The highest BCUT2D eigenvalue weighted by atomic mass is 16.6. The van der Waals surface area contributed by atoms with Gasteiger partial charge in [0.1, 0.15) is 0 Å². The third-order valence-electron chi connectivity index (χ3n) is 6.87. The van der Waals surface area contributed by atoms with Crippen molar-refractivity contribution >= 4 is 23.8 Å². The lowest BCUT2D eigenvalue weighted by Crippen LogP contribution is -2.50. The summed E-state index contributed by atoms with van der Waals surface area (Å²) in [6.45, 7) is 3.76. The zero-order chi connectivity index (χ0) is 25.4. The molecule has 3 aromatic carbocycles. The Kier molecular flexibility index (Phi) is 5.92. The Morgan fingerprint density at radius 2 is 1.28 bits per heavy atom. The lowest BCUT2D eigenvalue weighted by atomic mass is 9.75. The van der Waals surface area contributed by atoms with Gasteiger partial charge in [-0.15, -0.1) is 0 Å². The number of rotatable bonds is 6. The highest BCUT2D eigenvalue weighted by molar-refractivity contribution is 6.21. The minimum atomic E-state index is -1.20. The summed E-state index contributed by atoms with van der Waals surface area (Å²) in [5, 5.41) is 0. The first kappa shape index (κ1) is 23.5. The van der Waals surface area contributed by atoms with Crippen LogP contribution in [0.4, 0.5) is 4.79 Å². The van der Waals surface area contributed by atoms with Gasteiger partial charge >= 0.3 is 6.09 Å². The Hall–Kier alpha value is -4.26. The van der Waals surface area contributed by atoms with Crippen LogP contribution >= 0.6 is 0 Å². The van der Waals surface area contributed by atoms with E-state index >= 15 is 0 Å². The number of hydrogen-bond donors (Lipinski definition) is 0. The van der Waals surface area contributed by atoms with E-state index in [0.29, 0.717) is 11.1 Å². The maximum absolute atomic E-state index is 13.5. The largest absolute Gasteiger partial charge is 0.430 e. The average Bonchev–Trinajstić information content (AvgIpc) is 3.35. The van der Waals surface area contributed by atoms with Crippen LogP contribution in [0.25, 0.3) is 0 Å². The van der Waals surface area contributed by atoms with Crippen molar-refractivity contribution in [2.45, 2.75) is 31.9 Å². The normalized spacial score (nSPS) is 18.5. The molecule has 0 N–H and O–H groups in total. The van der Waals surface area contributed by atoms with E-state index in [2.05, 4.69) is 0 Å². The number of cyclic esters (lactones) is 1. The van der Waals surface area contributed by atoms with Gasteiger partial charge < -0.3 is 4.74 Å². The highest BCUT2D eigenvalue weighted by Crippen LogP contribution is 2.47. The zero-order valence-electron chi connectivity index (χ0n) is 20.1. The second-order valence-electron chi connectivity index (χ2n) is 9.35. The molecule has 1 atom stereocenters. The smallest absolute Gasteiger partial charge is 0.418 e. The summed E-state index contributed by atoms with van der Waals surface area (Å²) < 4.78 is 6.11. The third-order valence-corrected chi connectivity index (χ3v) is 6.87. The Balaban J connectivity index is 1.47. The van der Waals surface area contributed by atoms with E-state index in [9.17, 15) is 19.2 Å². The molecule has 7 heteroatoms. The van der Waals surface area contributed by atoms with Crippen LogP contribution in [-0.4, -0.2) is 46.2 Å². The molecule has 4 amide bonds. The number of carbonyl (C=O) groups excluding carboxylic acids is 4. The SMILES string of the molecule is CC(C)C1N(C(=O)CCN2C(=O)c3ccccc3C2=O)C(=O)OC1(c1ccccc1)c1ccccc1. The van der Waals surface area contributed by atoms with Gasteiger partial charge in [0.25, 0.3) is 11.8 Å². The highest BCUT2D eigenvalue weighted by Gasteiger charge is 2.59. The van der Waals surface area contributed by atoms with Crippen LogP contribution in [-0.2, 0) is 15.1 Å². The molecule has 1 unspecified atom stereocenters. The summed E-state index contributed by atoms with van der Waals surface area (Å²) >= 11 is 0. The maximum Gasteiger partial charge on any atom is 0.418 e. The Bertz CT molecular complexity index is 1260. The number of benzene rings is 3. The number of carbonyl (C=O) groups is 4. The number of imide groups is 2. The summed E-state index contributed by atoms with van der Waals surface area (Å²) in [6.07, 6.45) is -0.933. The molecule has 3 aromatic rings. The molecule has 5 rings (SSSR count). The fourth-order valence-electron chi connectivity index (χ4n) is 5.33. The van der Waals surface area contributed by atoms with Crippen LogP contribution in [0.3, 0.4) is 0 Å². The molecule has 1 fully saturated rings. The molecule has 0 aromatic heterocycles. The van der Waals surface area contributed by atoms with Crippen molar-refractivity contribution in [3.8, 4) is 0 Å². The van der Waals surface area contributed by atoms with Gasteiger partial charge in [-0.05, 0) is 18.1 Å². The first-order valence-electron chi connectivity index (χ1n) is 12.0. The van der Waals surface area contributed by atoms with Crippen molar-refractivity contribution in [3.63, 3.8) is 0 Å². The van der Waals surface area contributed by atoms with Crippen molar-refractivity contribution in [1.82, 2.24) is 9.80 Å². The molecule has 0 aliphatic carbocycles. The first-order valence-corrected chi connectivity index (χ1v) is 12.0. The zero-order valence-corrected chi connectivity index (χ0v) is 20.1. The molecule has 1 saturated heterocycles. The van der Waals surface area contributed by atoms with E-state index in [0.717, 1.165) is 16.0 Å². The van der Waals surface area contributed by atoms with Crippen LogP contribution in [0.2, 0.25) is 0 Å². The number of ether oxygens (including phenoxy) is 1. The average molecular weight is 483 g/mol. The topological polar surface area (TPSA) is 84.0 Å². The molecular weight excluding hydrogens is 456 g/mol. The van der Waals surface area contributed by atoms with Gasteiger partial charge in [-0.2, -0.15) is 0 Å². The van der Waals surface area contributed by atoms with Crippen LogP contribution in [0.5, 0.6) is 0 Å². The Morgan fingerprint density at radius 1 is 0.806 bits per heavy atom. The minimum Gasteiger partial charge on any atom is -0.430 e. The van der Waals surface area contributed by atoms with Gasteiger partial charge in [-0.3, -0.25) is 19.3 Å². The predicted molar refractivity (Wildman–Crippen MR) is 132 cm³/mol. The molecular formula is C29H26N2O5. The molecule has 2 heterocycles. The summed E-state index contributed by atoms with van der Waals surface area (Å²) in [7, 11) is 0. The second-order valence-corrected chi connectivity index (χ2v) is 9.35. The van der Waals surface area contributed by atoms with Crippen LogP contribution in [0.1, 0.15) is 52.1 Å². The number of nitrogens with zero attached hydrogens (tertiary/aromatic N) is 2. The van der Waals surface area contributed by atoms with Gasteiger partial charge in [0, 0.05) is 24.1 Å². The van der Waals surface area contributed by atoms with Gasteiger partial charge in [0.15, 0.2) is 5.60 Å². The van der Waals surface area contributed by atoms with Crippen molar-refractivity contribution < 1.29 is 23.9 Å². The van der Waals surface area contributed by atoms with Gasteiger partial charge in [0.05, 0.1) is 17.2 Å². The van der Waals surface area contributed by atoms with E-state index in [1.807, 2.05) is 74.5 Å². The predicted octanol–water partition coefficient (Wildman–Crippen LogP) is 4.62.